The summed E-state index contributed by atoms with van der Waals surface area (Å²) in [6.07, 6.45) is -0.00590. The number of carbonyl (C=O) groups is 3. The quantitative estimate of drug-likeness (QED) is 0.483. The van der Waals surface area contributed by atoms with Crippen molar-refractivity contribution >= 4 is 46.0 Å². The molecule has 8 nitrogen and oxygen atoms in total. The maximum Gasteiger partial charge on any atom is 0.349 e. The number of para-hydroxylation sites is 1. The first-order valence-corrected chi connectivity index (χ1v) is 8.82. The van der Waals surface area contributed by atoms with Crippen molar-refractivity contribution in [2.45, 2.75) is 26.7 Å². The molecule has 0 unspecified atom stereocenters. The summed E-state index contributed by atoms with van der Waals surface area (Å²) in [5.74, 6) is -1.91. The number of carbonyl (C=O) groups excluding carboxylic acids is 3. The Kier molecular flexibility index (Phi) is 5.04. The summed E-state index contributed by atoms with van der Waals surface area (Å²) in [6, 6.07) is 6.90. The number of hydrogen-bond acceptors (Lipinski definition) is 6. The summed E-state index contributed by atoms with van der Waals surface area (Å²) < 4.78 is 5.24. The number of fused-ring (bicyclic) bond motifs is 1. The van der Waals surface area contributed by atoms with E-state index < -0.39 is 29.8 Å². The zero-order chi connectivity index (χ0) is 19.7. The van der Waals surface area contributed by atoms with Gasteiger partial charge < -0.3 is 4.42 Å². The highest BCUT2D eigenvalue weighted by atomic mass is 32.1. The summed E-state index contributed by atoms with van der Waals surface area (Å²) in [5.41, 5.74) is 2.25. The summed E-state index contributed by atoms with van der Waals surface area (Å²) in [5, 5.41) is 1.34. The van der Waals surface area contributed by atoms with Crippen LogP contribution in [0.1, 0.15) is 36.2 Å². The van der Waals surface area contributed by atoms with Crippen LogP contribution in [0.4, 0.5) is 0 Å². The Morgan fingerprint density at radius 2 is 1.89 bits per heavy atom. The van der Waals surface area contributed by atoms with Crippen LogP contribution in [0.25, 0.3) is 11.0 Å². The summed E-state index contributed by atoms with van der Waals surface area (Å²) in [6.45, 7) is 3.77. The molecule has 1 fully saturated rings. The molecule has 0 atom stereocenters. The number of hydrazine groups is 1. The number of aryl methyl sites for hydroxylation is 1. The molecule has 9 heteroatoms. The van der Waals surface area contributed by atoms with Crippen LogP contribution in [-0.4, -0.2) is 39.3 Å². The van der Waals surface area contributed by atoms with Crippen LogP contribution in [0.15, 0.2) is 33.5 Å². The number of amides is 3. The summed E-state index contributed by atoms with van der Waals surface area (Å²) in [7, 11) is 0. The average Bonchev–Trinajstić information content (AvgIpc) is 2.63. The molecule has 1 saturated heterocycles. The van der Waals surface area contributed by atoms with Gasteiger partial charge in [0.1, 0.15) is 17.6 Å². The Balaban J connectivity index is 2.00. The number of rotatable bonds is 4. The molecule has 3 amide bonds. The molecule has 1 aromatic carbocycles. The first kappa shape index (κ1) is 18.7. The molecule has 3 rings (SSSR count). The lowest BCUT2D eigenvalue weighted by molar-refractivity contribution is -0.141. The fourth-order valence-corrected chi connectivity index (χ4v) is 3.41. The van der Waals surface area contributed by atoms with E-state index in [0.29, 0.717) is 23.0 Å². The summed E-state index contributed by atoms with van der Waals surface area (Å²) >= 11 is 5.14. The highest BCUT2D eigenvalue weighted by Crippen LogP contribution is 2.21. The minimum atomic E-state index is -0.813. The second-order valence-corrected chi connectivity index (χ2v) is 6.23. The van der Waals surface area contributed by atoms with E-state index in [4.69, 9.17) is 16.6 Å². The van der Waals surface area contributed by atoms with Gasteiger partial charge in [0.25, 0.3) is 11.8 Å². The van der Waals surface area contributed by atoms with Gasteiger partial charge in [-0.3, -0.25) is 24.7 Å². The van der Waals surface area contributed by atoms with E-state index >= 15 is 0 Å². The zero-order valence-electron chi connectivity index (χ0n) is 14.8. The highest BCUT2D eigenvalue weighted by Gasteiger charge is 2.36. The largest absolute Gasteiger partial charge is 0.422 e. The lowest BCUT2D eigenvalue weighted by Crippen LogP contribution is -2.61. The van der Waals surface area contributed by atoms with Crippen molar-refractivity contribution in [2.24, 2.45) is 0 Å². The third kappa shape index (κ3) is 3.21. The van der Waals surface area contributed by atoms with Crippen molar-refractivity contribution in [2.75, 3.05) is 6.54 Å². The molecule has 0 saturated carbocycles. The third-order valence-corrected chi connectivity index (χ3v) is 4.71. The number of nitrogens with zero attached hydrogens (tertiary/aromatic N) is 2. The smallest absolute Gasteiger partial charge is 0.349 e. The number of benzene rings is 1. The van der Waals surface area contributed by atoms with Crippen molar-refractivity contribution in [1.29, 1.82) is 0 Å². The van der Waals surface area contributed by atoms with Gasteiger partial charge in [0.15, 0.2) is 0 Å². The fraction of sp³-hybridized carbons (Fsp3) is 0.278. The van der Waals surface area contributed by atoms with Gasteiger partial charge >= 0.3 is 5.63 Å². The summed E-state index contributed by atoms with van der Waals surface area (Å²) in [4.78, 5) is 50.4. The van der Waals surface area contributed by atoms with Crippen molar-refractivity contribution in [3.63, 3.8) is 0 Å². The monoisotopic (exact) mass is 387 g/mol. The molecule has 140 valence electrons. The minimum Gasteiger partial charge on any atom is -0.422 e. The minimum absolute atomic E-state index is 0.129. The molecule has 0 radical (unpaired) electrons. The van der Waals surface area contributed by atoms with Crippen molar-refractivity contribution in [1.82, 2.24) is 15.3 Å². The average molecular weight is 387 g/mol. The molecule has 1 aromatic heterocycles. The van der Waals surface area contributed by atoms with Crippen LogP contribution in [0.2, 0.25) is 0 Å². The van der Waals surface area contributed by atoms with Crippen molar-refractivity contribution < 1.29 is 18.8 Å². The van der Waals surface area contributed by atoms with Crippen molar-refractivity contribution in [3.05, 3.63) is 45.8 Å². The number of nitrogens with one attached hydrogen (secondary N) is 1. The molecule has 27 heavy (non-hydrogen) atoms. The van der Waals surface area contributed by atoms with Gasteiger partial charge in [0.2, 0.25) is 11.0 Å². The Bertz CT molecular complexity index is 1030. The Morgan fingerprint density at radius 1 is 1.19 bits per heavy atom. The first-order chi connectivity index (χ1) is 12.9. The van der Waals surface area contributed by atoms with E-state index in [1.165, 1.54) is 4.90 Å². The van der Waals surface area contributed by atoms with Crippen LogP contribution in [0.5, 0.6) is 0 Å². The third-order valence-electron chi connectivity index (χ3n) is 4.31. The Labute approximate surface area is 159 Å². The molecule has 0 aliphatic carbocycles. The van der Waals surface area contributed by atoms with E-state index in [0.717, 1.165) is 5.01 Å². The van der Waals surface area contributed by atoms with E-state index in [1.54, 1.807) is 31.2 Å². The first-order valence-electron chi connectivity index (χ1n) is 8.42. The highest BCUT2D eigenvalue weighted by molar-refractivity contribution is 7.80. The van der Waals surface area contributed by atoms with Gasteiger partial charge in [-0.25, -0.2) is 4.79 Å². The Morgan fingerprint density at radius 3 is 2.56 bits per heavy atom. The second-order valence-electron chi connectivity index (χ2n) is 5.86. The van der Waals surface area contributed by atoms with E-state index in [9.17, 15) is 19.2 Å². The molecule has 0 spiro atoms. The van der Waals surface area contributed by atoms with E-state index in [-0.39, 0.29) is 17.2 Å². The van der Waals surface area contributed by atoms with Gasteiger partial charge in [-0.05, 0) is 37.2 Å². The van der Waals surface area contributed by atoms with Crippen LogP contribution < -0.4 is 11.1 Å². The van der Waals surface area contributed by atoms with Gasteiger partial charge in [0, 0.05) is 11.9 Å². The van der Waals surface area contributed by atoms with Crippen LogP contribution >= 0.6 is 12.2 Å². The van der Waals surface area contributed by atoms with Gasteiger partial charge in [-0.15, -0.1) is 0 Å². The molecule has 1 aliphatic heterocycles. The topological polar surface area (TPSA) is 99.9 Å². The van der Waals surface area contributed by atoms with Crippen LogP contribution in [0.3, 0.4) is 0 Å². The predicted octanol–water partition coefficient (Wildman–Crippen LogP) is 1.37. The SMILES string of the molecule is CCc1c(C(=O)NN2C(=O)CC(=O)N(CC)C2=S)c(=O)oc2ccccc12. The maximum atomic E-state index is 12.8. The van der Waals surface area contributed by atoms with Gasteiger partial charge in [-0.2, -0.15) is 5.01 Å². The van der Waals surface area contributed by atoms with Crippen LogP contribution in [0, 0.1) is 0 Å². The molecule has 1 aliphatic rings. The predicted molar refractivity (Wildman–Crippen MR) is 101 cm³/mol. The van der Waals surface area contributed by atoms with E-state index in [1.807, 2.05) is 6.92 Å². The number of thiocarbonyl (C=S) groups is 1. The molecular weight excluding hydrogens is 370 g/mol. The molecule has 0 bridgehead atoms. The fourth-order valence-electron chi connectivity index (χ4n) is 3.03. The number of hydrogen-bond donors (Lipinski definition) is 1. The second kappa shape index (κ2) is 7.28. The molecule has 1 N–H and O–H groups in total. The van der Waals surface area contributed by atoms with Gasteiger partial charge in [0.05, 0.1) is 0 Å². The normalized spacial score (nSPS) is 14.8. The standard InChI is InChI=1S/C18H17N3O5S/c1-3-10-11-7-5-6-8-12(11)26-17(25)15(10)16(24)19-21-14(23)9-13(22)20(4-2)18(21)27/h5-8H,3-4,9H2,1-2H3,(H,19,24). The molecular formula is C18H17N3O5S. The Hall–Kier alpha value is -3.07. The van der Waals surface area contributed by atoms with Crippen LogP contribution in [-0.2, 0) is 16.0 Å². The lowest BCUT2D eigenvalue weighted by atomic mass is 10.0. The molecule has 2 heterocycles. The zero-order valence-corrected chi connectivity index (χ0v) is 15.6. The van der Waals surface area contributed by atoms with Crippen molar-refractivity contribution in [3.8, 4) is 0 Å². The maximum absolute atomic E-state index is 12.8. The lowest BCUT2D eigenvalue weighted by Gasteiger charge is -2.34. The van der Waals surface area contributed by atoms with E-state index in [2.05, 4.69) is 5.43 Å². The molecule has 2 aromatic rings. The van der Waals surface area contributed by atoms with Gasteiger partial charge in [-0.1, -0.05) is 25.1 Å².